The van der Waals surface area contributed by atoms with E-state index in [9.17, 15) is 14.7 Å². The van der Waals surface area contributed by atoms with E-state index < -0.39 is 11.9 Å². The summed E-state index contributed by atoms with van der Waals surface area (Å²) in [5.74, 6) is -2.12. The molecule has 3 aromatic rings. The predicted molar refractivity (Wildman–Crippen MR) is 75.2 cm³/mol. The Labute approximate surface area is 120 Å². The third-order valence-corrected chi connectivity index (χ3v) is 3.41. The van der Waals surface area contributed by atoms with Crippen molar-refractivity contribution in [3.63, 3.8) is 0 Å². The molecular weight excluding hydrogens is 328 g/mol. The number of rotatable bonds is 2. The van der Waals surface area contributed by atoms with E-state index in [0.29, 0.717) is 26.5 Å². The maximum atomic E-state index is 11.3. The maximum Gasteiger partial charge on any atom is 0.337 e. The average Bonchev–Trinajstić information content (AvgIpc) is 2.75. The van der Waals surface area contributed by atoms with Gasteiger partial charge in [0.25, 0.3) is 0 Å². The quantitative estimate of drug-likeness (QED) is 0.625. The first-order valence-electron chi connectivity index (χ1n) is 5.56. The zero-order valence-corrected chi connectivity index (χ0v) is 11.4. The van der Waals surface area contributed by atoms with Crippen molar-refractivity contribution < 1.29 is 19.8 Å². The van der Waals surface area contributed by atoms with Crippen molar-refractivity contribution in [2.45, 2.75) is 0 Å². The molecule has 0 aliphatic heterocycles. The number of halogens is 1. The fraction of sp³-hybridized carbons (Fsp3) is 0. The topological polar surface area (TPSA) is 103 Å². The number of aromatic amines is 1. The van der Waals surface area contributed by atoms with Crippen LogP contribution in [0, 0.1) is 0 Å². The van der Waals surface area contributed by atoms with Gasteiger partial charge in [0.1, 0.15) is 4.60 Å². The van der Waals surface area contributed by atoms with Crippen LogP contribution < -0.4 is 0 Å². The molecule has 0 bridgehead atoms. The number of carbonyl (C=O) groups is 2. The van der Waals surface area contributed by atoms with Gasteiger partial charge in [-0.1, -0.05) is 0 Å². The van der Waals surface area contributed by atoms with E-state index in [-0.39, 0.29) is 11.1 Å². The summed E-state index contributed by atoms with van der Waals surface area (Å²) in [5.41, 5.74) is 1.60. The minimum absolute atomic E-state index is 0.0787. The normalized spacial score (nSPS) is 11.1. The highest BCUT2D eigenvalue weighted by atomic mass is 79.9. The monoisotopic (exact) mass is 334 g/mol. The zero-order valence-electron chi connectivity index (χ0n) is 9.85. The number of H-pyrrole nitrogens is 1. The molecule has 7 heteroatoms. The molecule has 6 nitrogen and oxygen atoms in total. The van der Waals surface area contributed by atoms with Gasteiger partial charge in [-0.05, 0) is 40.2 Å². The summed E-state index contributed by atoms with van der Waals surface area (Å²) in [5, 5.41) is 18.9. The van der Waals surface area contributed by atoms with Crippen molar-refractivity contribution in [2.24, 2.45) is 0 Å². The average molecular weight is 335 g/mol. The molecule has 0 saturated heterocycles. The molecule has 0 unspecified atom stereocenters. The van der Waals surface area contributed by atoms with Gasteiger partial charge < -0.3 is 15.2 Å². The van der Waals surface area contributed by atoms with E-state index in [1.807, 2.05) is 0 Å². The molecule has 0 radical (unpaired) electrons. The largest absolute Gasteiger partial charge is 0.478 e. The van der Waals surface area contributed by atoms with Crippen molar-refractivity contribution in [3.8, 4) is 0 Å². The van der Waals surface area contributed by atoms with Crippen LogP contribution in [0.4, 0.5) is 0 Å². The smallest absolute Gasteiger partial charge is 0.337 e. The Morgan fingerprint density at radius 3 is 2.55 bits per heavy atom. The summed E-state index contributed by atoms with van der Waals surface area (Å²) in [4.78, 5) is 29.4. The third kappa shape index (κ3) is 1.83. The number of benzene rings is 1. The van der Waals surface area contributed by atoms with Crippen molar-refractivity contribution in [2.75, 3.05) is 0 Å². The number of fused-ring (bicyclic) bond motifs is 3. The molecule has 0 aliphatic carbocycles. The minimum atomic E-state index is -1.08. The molecule has 2 aromatic heterocycles. The molecule has 2 heterocycles. The number of nitrogens with one attached hydrogen (secondary N) is 1. The lowest BCUT2D eigenvalue weighted by Crippen LogP contribution is -1.98. The van der Waals surface area contributed by atoms with Gasteiger partial charge >= 0.3 is 11.9 Å². The number of hydrogen-bond donors (Lipinski definition) is 3. The Bertz CT molecular complexity index is 885. The first-order chi connectivity index (χ1) is 9.47. The molecular formula is C13H7BrN2O4. The van der Waals surface area contributed by atoms with Gasteiger partial charge in [0.05, 0.1) is 22.2 Å². The van der Waals surface area contributed by atoms with Crippen LogP contribution in [-0.4, -0.2) is 32.1 Å². The van der Waals surface area contributed by atoms with Crippen LogP contribution in [-0.2, 0) is 0 Å². The Kier molecular flexibility index (Phi) is 2.72. The summed E-state index contributed by atoms with van der Waals surface area (Å²) in [6, 6.07) is 5.93. The predicted octanol–water partition coefficient (Wildman–Crippen LogP) is 2.88. The minimum Gasteiger partial charge on any atom is -0.478 e. The van der Waals surface area contributed by atoms with Gasteiger partial charge in [-0.2, -0.15) is 0 Å². The Morgan fingerprint density at radius 1 is 1.15 bits per heavy atom. The number of hydrogen-bond acceptors (Lipinski definition) is 3. The number of carboxylic acids is 2. The Morgan fingerprint density at radius 2 is 1.90 bits per heavy atom. The molecule has 0 spiro atoms. The number of aromatic nitrogens is 2. The standard InChI is InChI=1S/C13H7BrN2O4/c14-9-4-7(13(19)20)11-10(16-9)6-2-1-5(12(17)18)3-8(6)15-11/h1-4,15H,(H,17,18)(H,19,20). The fourth-order valence-corrected chi connectivity index (χ4v) is 2.53. The lowest BCUT2D eigenvalue weighted by Gasteiger charge is -1.98. The van der Waals surface area contributed by atoms with Crippen LogP contribution in [0.1, 0.15) is 20.7 Å². The highest BCUT2D eigenvalue weighted by Gasteiger charge is 2.16. The van der Waals surface area contributed by atoms with Crippen molar-refractivity contribution in [1.82, 2.24) is 9.97 Å². The van der Waals surface area contributed by atoms with Gasteiger partial charge in [-0.25, -0.2) is 14.6 Å². The van der Waals surface area contributed by atoms with Crippen molar-refractivity contribution in [3.05, 3.63) is 40.0 Å². The molecule has 3 rings (SSSR count). The summed E-state index contributed by atoms with van der Waals surface area (Å²) >= 11 is 3.18. The second-order valence-electron chi connectivity index (χ2n) is 4.21. The van der Waals surface area contributed by atoms with E-state index in [0.717, 1.165) is 0 Å². The summed E-state index contributed by atoms with van der Waals surface area (Å²) in [6.45, 7) is 0. The first-order valence-corrected chi connectivity index (χ1v) is 6.35. The second-order valence-corrected chi connectivity index (χ2v) is 5.02. The molecule has 100 valence electrons. The molecule has 1 aromatic carbocycles. The van der Waals surface area contributed by atoms with Crippen molar-refractivity contribution >= 4 is 49.8 Å². The number of pyridine rings is 1. The summed E-state index contributed by atoms with van der Waals surface area (Å²) in [6.07, 6.45) is 0. The number of carboxylic acid groups (broad SMARTS) is 2. The van der Waals surface area contributed by atoms with Crippen LogP contribution in [0.3, 0.4) is 0 Å². The van der Waals surface area contributed by atoms with Crippen LogP contribution in [0.15, 0.2) is 28.9 Å². The lowest BCUT2D eigenvalue weighted by atomic mass is 10.1. The van der Waals surface area contributed by atoms with Gasteiger partial charge in [-0.15, -0.1) is 0 Å². The van der Waals surface area contributed by atoms with Crippen molar-refractivity contribution in [1.29, 1.82) is 0 Å². The number of nitrogens with zero attached hydrogens (tertiary/aromatic N) is 1. The van der Waals surface area contributed by atoms with E-state index in [1.165, 1.54) is 18.2 Å². The highest BCUT2D eigenvalue weighted by Crippen LogP contribution is 2.29. The molecule has 0 atom stereocenters. The van der Waals surface area contributed by atoms with Crippen LogP contribution in [0.25, 0.3) is 21.9 Å². The van der Waals surface area contributed by atoms with Gasteiger partial charge in [0.2, 0.25) is 0 Å². The Hall–Kier alpha value is -2.41. The van der Waals surface area contributed by atoms with Gasteiger partial charge in [0, 0.05) is 10.9 Å². The zero-order chi connectivity index (χ0) is 14.4. The SMILES string of the molecule is O=C(O)c1ccc2c(c1)[nH]c1c(C(=O)O)cc(Br)nc12. The lowest BCUT2D eigenvalue weighted by molar-refractivity contribution is 0.0687. The summed E-state index contributed by atoms with van der Waals surface area (Å²) in [7, 11) is 0. The van der Waals surface area contributed by atoms with Gasteiger partial charge in [-0.3, -0.25) is 0 Å². The molecule has 0 saturated carbocycles. The molecule has 0 aliphatic rings. The molecule has 0 amide bonds. The van der Waals surface area contributed by atoms with E-state index in [2.05, 4.69) is 25.9 Å². The van der Waals surface area contributed by atoms with E-state index in [1.54, 1.807) is 6.07 Å². The maximum absolute atomic E-state index is 11.3. The van der Waals surface area contributed by atoms with Crippen LogP contribution >= 0.6 is 15.9 Å². The first kappa shape index (κ1) is 12.6. The van der Waals surface area contributed by atoms with E-state index >= 15 is 0 Å². The second kappa shape index (κ2) is 4.31. The van der Waals surface area contributed by atoms with Crippen LogP contribution in [0.2, 0.25) is 0 Å². The van der Waals surface area contributed by atoms with Gasteiger partial charge in [0.15, 0.2) is 0 Å². The van der Waals surface area contributed by atoms with E-state index in [4.69, 9.17) is 5.11 Å². The molecule has 0 fully saturated rings. The summed E-state index contributed by atoms with van der Waals surface area (Å²) < 4.78 is 0.408. The molecule has 20 heavy (non-hydrogen) atoms. The third-order valence-electron chi connectivity index (χ3n) is 3.00. The Balaban J connectivity index is 2.44. The van der Waals surface area contributed by atoms with Crippen LogP contribution in [0.5, 0.6) is 0 Å². The number of aromatic carboxylic acids is 2. The molecule has 3 N–H and O–H groups in total. The fourth-order valence-electron chi connectivity index (χ4n) is 2.13. The highest BCUT2D eigenvalue weighted by molar-refractivity contribution is 9.10.